The van der Waals surface area contributed by atoms with Crippen molar-refractivity contribution >= 4 is 40.6 Å². The monoisotopic (exact) mass is 598 g/mol. The molecule has 1 aromatic heterocycles. The number of Topliss-reactive ketones (excluding diaryl/α,β-unsaturated/α-hetero) is 1. The standard InChI is InChI=1S/C34H31FN2O5S/c1-19-18-27(20(2)43-19)31(39)28-29(22-12-16-26(17-13-22)36-21(3)38)34(4,33(41)42)37(32(40)24-8-6-5-7-9-24)30(28)23-10-14-25(35)15-11-23/h5-18,28-30H,1-4H3,(H,36,38)(H,41,42). The van der Waals surface area contributed by atoms with E-state index in [0.29, 0.717) is 22.4 Å². The molecule has 1 saturated heterocycles. The van der Waals surface area contributed by atoms with Gasteiger partial charge in [0.1, 0.15) is 11.4 Å². The van der Waals surface area contributed by atoms with E-state index < -0.39 is 41.1 Å². The molecule has 0 saturated carbocycles. The molecule has 220 valence electrons. The number of carboxylic acid groups (broad SMARTS) is 1. The maximum absolute atomic E-state index is 14.7. The van der Waals surface area contributed by atoms with Gasteiger partial charge in [-0.25, -0.2) is 9.18 Å². The molecule has 3 aromatic carbocycles. The van der Waals surface area contributed by atoms with Crippen LogP contribution in [0.1, 0.15) is 67.4 Å². The predicted molar refractivity (Wildman–Crippen MR) is 163 cm³/mol. The fourth-order valence-corrected chi connectivity index (χ4v) is 7.23. The second-order valence-electron chi connectivity index (χ2n) is 11.0. The zero-order chi connectivity index (χ0) is 31.1. The molecule has 1 aliphatic heterocycles. The second-order valence-corrected chi connectivity index (χ2v) is 12.4. The number of hydrogen-bond acceptors (Lipinski definition) is 5. The summed E-state index contributed by atoms with van der Waals surface area (Å²) in [5.41, 5.74) is 0.279. The Bertz CT molecular complexity index is 1700. The Morgan fingerprint density at radius 2 is 1.51 bits per heavy atom. The van der Waals surface area contributed by atoms with Crippen LogP contribution in [0.5, 0.6) is 0 Å². The number of halogens is 1. The molecular formula is C34H31FN2O5S. The van der Waals surface area contributed by atoms with Crippen LogP contribution in [0.2, 0.25) is 0 Å². The highest BCUT2D eigenvalue weighted by atomic mass is 32.1. The Morgan fingerprint density at radius 3 is 2.05 bits per heavy atom. The minimum Gasteiger partial charge on any atom is -0.479 e. The van der Waals surface area contributed by atoms with Crippen molar-refractivity contribution in [3.05, 3.63) is 123 Å². The number of aryl methyl sites for hydroxylation is 2. The third-order valence-electron chi connectivity index (χ3n) is 8.17. The van der Waals surface area contributed by atoms with E-state index in [1.807, 2.05) is 13.8 Å². The molecule has 9 heteroatoms. The molecule has 2 heterocycles. The first kappa shape index (κ1) is 29.8. The summed E-state index contributed by atoms with van der Waals surface area (Å²) in [7, 11) is 0. The fraction of sp³-hybridized carbons (Fsp3) is 0.235. The number of thiophene rings is 1. The van der Waals surface area contributed by atoms with E-state index in [4.69, 9.17) is 0 Å². The van der Waals surface area contributed by atoms with Gasteiger partial charge in [0.05, 0.1) is 12.0 Å². The number of ketones is 1. The first-order valence-corrected chi connectivity index (χ1v) is 14.6. The van der Waals surface area contributed by atoms with E-state index in [-0.39, 0.29) is 17.3 Å². The number of benzene rings is 3. The van der Waals surface area contributed by atoms with Gasteiger partial charge >= 0.3 is 5.97 Å². The average Bonchev–Trinajstić information content (AvgIpc) is 3.46. The molecule has 43 heavy (non-hydrogen) atoms. The average molecular weight is 599 g/mol. The number of nitrogens with one attached hydrogen (secondary N) is 1. The smallest absolute Gasteiger partial charge is 0.330 e. The number of aliphatic carboxylic acids is 1. The molecule has 4 atom stereocenters. The van der Waals surface area contributed by atoms with Gasteiger partial charge in [0.15, 0.2) is 5.78 Å². The van der Waals surface area contributed by atoms with Crippen molar-refractivity contribution in [1.82, 2.24) is 4.90 Å². The summed E-state index contributed by atoms with van der Waals surface area (Å²) < 4.78 is 14.2. The van der Waals surface area contributed by atoms with Gasteiger partial charge in [0.2, 0.25) is 5.91 Å². The molecule has 4 unspecified atom stereocenters. The molecule has 4 aromatic rings. The number of carbonyl (C=O) groups excluding carboxylic acids is 3. The number of amides is 2. The normalized spacial score (nSPS) is 21.4. The van der Waals surface area contributed by atoms with Crippen LogP contribution in [0.15, 0.2) is 84.9 Å². The molecule has 7 nitrogen and oxygen atoms in total. The first-order valence-electron chi connectivity index (χ1n) is 13.8. The molecule has 0 radical (unpaired) electrons. The lowest BCUT2D eigenvalue weighted by Crippen LogP contribution is -2.54. The number of carboxylic acids is 1. The van der Waals surface area contributed by atoms with Crippen molar-refractivity contribution in [2.75, 3.05) is 5.32 Å². The van der Waals surface area contributed by atoms with Gasteiger partial charge in [0.25, 0.3) is 5.91 Å². The highest BCUT2D eigenvalue weighted by molar-refractivity contribution is 7.12. The van der Waals surface area contributed by atoms with Crippen LogP contribution in [0, 0.1) is 25.6 Å². The van der Waals surface area contributed by atoms with Gasteiger partial charge in [-0.15, -0.1) is 11.3 Å². The van der Waals surface area contributed by atoms with E-state index in [1.54, 1.807) is 60.7 Å². The highest BCUT2D eigenvalue weighted by Gasteiger charge is 2.65. The fourth-order valence-electron chi connectivity index (χ4n) is 6.30. The van der Waals surface area contributed by atoms with Crippen LogP contribution in [-0.2, 0) is 9.59 Å². The SMILES string of the molecule is CC(=O)Nc1ccc(C2C(C(=O)c3cc(C)sc3C)C(c3ccc(F)cc3)N(C(=O)c3ccccc3)C2(C)C(=O)O)cc1. The molecule has 0 aliphatic carbocycles. The van der Waals surface area contributed by atoms with Crippen molar-refractivity contribution in [2.45, 2.75) is 45.2 Å². The van der Waals surface area contributed by atoms with Gasteiger partial charge < -0.3 is 15.3 Å². The van der Waals surface area contributed by atoms with Gasteiger partial charge in [-0.3, -0.25) is 14.4 Å². The summed E-state index contributed by atoms with van der Waals surface area (Å²) in [6, 6.07) is 21.2. The highest BCUT2D eigenvalue weighted by Crippen LogP contribution is 2.57. The predicted octanol–water partition coefficient (Wildman–Crippen LogP) is 6.79. The van der Waals surface area contributed by atoms with Crippen LogP contribution in [0.3, 0.4) is 0 Å². The lowest BCUT2D eigenvalue weighted by molar-refractivity contribution is -0.148. The van der Waals surface area contributed by atoms with E-state index in [1.165, 1.54) is 54.3 Å². The van der Waals surface area contributed by atoms with Gasteiger partial charge in [0, 0.05) is 39.4 Å². The Morgan fingerprint density at radius 1 is 0.907 bits per heavy atom. The topological polar surface area (TPSA) is 104 Å². The van der Waals surface area contributed by atoms with Crippen LogP contribution in [0.4, 0.5) is 10.1 Å². The summed E-state index contributed by atoms with van der Waals surface area (Å²) in [5.74, 6) is -4.97. The molecule has 0 spiro atoms. The third kappa shape index (κ3) is 5.36. The van der Waals surface area contributed by atoms with Crippen molar-refractivity contribution < 1.29 is 28.7 Å². The Kier molecular flexibility index (Phi) is 8.03. The van der Waals surface area contributed by atoms with E-state index in [2.05, 4.69) is 5.32 Å². The van der Waals surface area contributed by atoms with E-state index in [0.717, 1.165) is 9.75 Å². The van der Waals surface area contributed by atoms with Crippen molar-refractivity contribution in [2.24, 2.45) is 5.92 Å². The summed E-state index contributed by atoms with van der Waals surface area (Å²) in [6.07, 6.45) is 0. The second kappa shape index (κ2) is 11.6. The van der Waals surface area contributed by atoms with E-state index >= 15 is 0 Å². The van der Waals surface area contributed by atoms with E-state index in [9.17, 15) is 28.7 Å². The lowest BCUT2D eigenvalue weighted by atomic mass is 9.71. The molecule has 1 fully saturated rings. The molecule has 2 amide bonds. The zero-order valence-corrected chi connectivity index (χ0v) is 24.9. The molecular weight excluding hydrogens is 567 g/mol. The number of anilines is 1. The number of likely N-dealkylation sites (tertiary alicyclic amines) is 1. The Labute approximate surface area is 253 Å². The van der Waals surface area contributed by atoms with Crippen molar-refractivity contribution in [3.63, 3.8) is 0 Å². The van der Waals surface area contributed by atoms with Crippen LogP contribution in [0.25, 0.3) is 0 Å². The van der Waals surface area contributed by atoms with Gasteiger partial charge in [-0.05, 0) is 74.4 Å². The number of carbonyl (C=O) groups is 4. The van der Waals surface area contributed by atoms with Crippen molar-refractivity contribution in [3.8, 4) is 0 Å². The van der Waals surface area contributed by atoms with Crippen LogP contribution >= 0.6 is 11.3 Å². The summed E-state index contributed by atoms with van der Waals surface area (Å²) in [5, 5.41) is 13.7. The first-order chi connectivity index (χ1) is 20.4. The van der Waals surface area contributed by atoms with Gasteiger partial charge in [-0.1, -0.05) is 42.5 Å². The Hall–Kier alpha value is -4.63. The molecule has 1 aliphatic rings. The maximum atomic E-state index is 14.7. The van der Waals surface area contributed by atoms with Crippen LogP contribution < -0.4 is 5.32 Å². The third-order valence-corrected chi connectivity index (χ3v) is 9.13. The minimum atomic E-state index is -1.90. The molecule has 5 rings (SSSR count). The quantitative estimate of drug-likeness (QED) is 0.228. The minimum absolute atomic E-state index is 0.262. The summed E-state index contributed by atoms with van der Waals surface area (Å²) in [4.78, 5) is 57.2. The van der Waals surface area contributed by atoms with Crippen LogP contribution in [-0.4, -0.2) is 39.1 Å². The number of hydrogen-bond donors (Lipinski definition) is 2. The number of rotatable bonds is 7. The maximum Gasteiger partial charge on any atom is 0.330 e. The largest absolute Gasteiger partial charge is 0.479 e. The Balaban J connectivity index is 1.81. The molecule has 2 N–H and O–H groups in total. The number of nitrogens with zero attached hydrogens (tertiary/aromatic N) is 1. The summed E-state index contributed by atoms with van der Waals surface area (Å²) in [6.45, 7) is 6.59. The lowest BCUT2D eigenvalue weighted by Gasteiger charge is -2.38. The van der Waals surface area contributed by atoms with Gasteiger partial charge in [-0.2, -0.15) is 0 Å². The zero-order valence-electron chi connectivity index (χ0n) is 24.1. The molecule has 0 bridgehead atoms. The summed E-state index contributed by atoms with van der Waals surface area (Å²) >= 11 is 1.46. The van der Waals surface area contributed by atoms with Crippen molar-refractivity contribution in [1.29, 1.82) is 0 Å².